The number of nitrogens with two attached hydrogens (primary N) is 1. The first kappa shape index (κ1) is 61.2. The third-order valence-electron chi connectivity index (χ3n) is 12.2. The van der Waals surface area contributed by atoms with Crippen LogP contribution in [0.1, 0.15) is 175 Å². The number of nitrogen functional groups attached to an aromatic ring is 1. The zero-order valence-electron chi connectivity index (χ0n) is 41.7. The van der Waals surface area contributed by atoms with Gasteiger partial charge in [0.15, 0.2) is 12.3 Å². The number of ether oxygens (including phenoxy) is 4. The molecule has 400 valence electrons. The zero-order valence-corrected chi connectivity index (χ0v) is 43.5. The standard InChI is InChI=1S/C49H83N3O16P2/c1-4-6-7-8-19-24-29-40-41(66-40)30-25-20-15-13-17-21-26-31-44(53)62-35-39(65-45(54)32-27-22-16-12-10-9-11-14-18-23-28-38(3)5-2)36-63-69(58,59)68-70(60,61)64-37-42-46(55)47(56)48(67-42)52-34-33-43(50)51-49(52)57/h13,17,19-20,24-25,33-34,38-42,46-48,55-56H,4-12,14-16,18,21-23,26-32,35-37H2,1-3H3,(H,58,59)(H,60,61)(H2,50,51,57)/b17-13-,24-19-,25-20-/t38?,39-,40?,41?,42-,46-,47-,48-/m1/s1. The summed E-state index contributed by atoms with van der Waals surface area (Å²) in [5.74, 6) is -0.574. The van der Waals surface area contributed by atoms with Crippen LogP contribution in [0.4, 0.5) is 5.82 Å². The number of aromatic nitrogens is 2. The molecule has 0 radical (unpaired) electrons. The van der Waals surface area contributed by atoms with Gasteiger partial charge in [-0.15, -0.1) is 0 Å². The lowest BCUT2D eigenvalue weighted by Crippen LogP contribution is -2.36. The van der Waals surface area contributed by atoms with E-state index in [2.05, 4.69) is 54.4 Å². The molecule has 70 heavy (non-hydrogen) atoms. The molecule has 21 heteroatoms. The van der Waals surface area contributed by atoms with E-state index in [0.29, 0.717) is 25.4 Å². The van der Waals surface area contributed by atoms with E-state index < -0.39 is 83.7 Å². The second-order valence-corrected chi connectivity index (χ2v) is 21.3. The van der Waals surface area contributed by atoms with Gasteiger partial charge in [-0.25, -0.2) is 13.9 Å². The van der Waals surface area contributed by atoms with Crippen molar-refractivity contribution in [1.82, 2.24) is 9.55 Å². The van der Waals surface area contributed by atoms with Crippen molar-refractivity contribution in [3.63, 3.8) is 0 Å². The van der Waals surface area contributed by atoms with Gasteiger partial charge in [0.2, 0.25) is 0 Å². The first-order valence-corrected chi connectivity index (χ1v) is 28.5. The lowest BCUT2D eigenvalue weighted by molar-refractivity contribution is -0.161. The lowest BCUT2D eigenvalue weighted by atomic mass is 9.99. The number of rotatable bonds is 40. The average molecular weight is 1030 g/mol. The monoisotopic (exact) mass is 1030 g/mol. The van der Waals surface area contributed by atoms with Crippen LogP contribution in [0.25, 0.3) is 0 Å². The van der Waals surface area contributed by atoms with Crippen molar-refractivity contribution < 1.29 is 71.0 Å². The molecule has 0 aliphatic carbocycles. The van der Waals surface area contributed by atoms with Crippen LogP contribution >= 0.6 is 15.6 Å². The van der Waals surface area contributed by atoms with Crippen molar-refractivity contribution in [3.05, 3.63) is 59.2 Å². The lowest BCUT2D eigenvalue weighted by Gasteiger charge is -2.21. The second-order valence-electron chi connectivity index (χ2n) is 18.3. The van der Waals surface area contributed by atoms with Gasteiger partial charge in [-0.05, 0) is 63.4 Å². The number of carbonyl (C=O) groups is 2. The topological polar surface area (TPSA) is 278 Å². The van der Waals surface area contributed by atoms with Crippen molar-refractivity contribution in [2.24, 2.45) is 5.92 Å². The van der Waals surface area contributed by atoms with Crippen molar-refractivity contribution in [2.75, 3.05) is 25.6 Å². The highest BCUT2D eigenvalue weighted by Crippen LogP contribution is 2.60. The van der Waals surface area contributed by atoms with E-state index in [1.54, 1.807) is 0 Å². The SMILES string of the molecule is CCCCC/C=C\CC1OC1C/C=C\C/C=C\CCCC(=O)OC[C@H](COP(=O)(O)OP(=O)(O)OC[C@H]1O[C@@H](n2ccc(N)nc2=O)[C@H](O)[C@@H]1O)OC(=O)CCCCCCCCCCCCC(C)CC. The van der Waals surface area contributed by atoms with E-state index in [9.17, 15) is 43.5 Å². The Morgan fingerprint density at radius 1 is 0.757 bits per heavy atom. The molecule has 2 fully saturated rings. The van der Waals surface area contributed by atoms with Crippen LogP contribution in [0.2, 0.25) is 0 Å². The van der Waals surface area contributed by atoms with Crippen molar-refractivity contribution in [3.8, 4) is 0 Å². The molecule has 3 heterocycles. The van der Waals surface area contributed by atoms with E-state index in [4.69, 9.17) is 33.7 Å². The molecule has 19 nitrogen and oxygen atoms in total. The molecule has 0 saturated carbocycles. The van der Waals surface area contributed by atoms with Crippen LogP contribution in [0, 0.1) is 5.92 Å². The highest BCUT2D eigenvalue weighted by Gasteiger charge is 2.46. The molecule has 0 spiro atoms. The van der Waals surface area contributed by atoms with Crippen LogP contribution in [-0.2, 0) is 51.0 Å². The summed E-state index contributed by atoms with van der Waals surface area (Å²) in [6.07, 6.45) is 28.4. The van der Waals surface area contributed by atoms with Crippen LogP contribution < -0.4 is 11.4 Å². The van der Waals surface area contributed by atoms with Crippen LogP contribution in [0.15, 0.2) is 53.5 Å². The quantitative estimate of drug-likeness (QED) is 0.0135. The summed E-state index contributed by atoms with van der Waals surface area (Å²) in [5.41, 5.74) is 4.58. The minimum absolute atomic E-state index is 0.0367. The molecule has 0 bridgehead atoms. The number of esters is 2. The van der Waals surface area contributed by atoms with E-state index in [0.717, 1.165) is 68.0 Å². The van der Waals surface area contributed by atoms with Gasteiger partial charge in [-0.3, -0.25) is 23.2 Å². The first-order chi connectivity index (χ1) is 33.5. The number of aliphatic hydroxyl groups excluding tert-OH is 2. The molecule has 2 aliphatic heterocycles. The summed E-state index contributed by atoms with van der Waals surface area (Å²) in [6, 6.07) is 1.24. The Morgan fingerprint density at radius 2 is 1.36 bits per heavy atom. The first-order valence-electron chi connectivity index (χ1n) is 25.5. The number of epoxide rings is 1. The molecule has 0 amide bonds. The van der Waals surface area contributed by atoms with Gasteiger partial charge in [0.05, 0.1) is 25.4 Å². The van der Waals surface area contributed by atoms with Crippen LogP contribution in [0.3, 0.4) is 0 Å². The maximum atomic E-state index is 12.9. The molecule has 1 aromatic heterocycles. The predicted molar refractivity (Wildman–Crippen MR) is 265 cm³/mol. The van der Waals surface area contributed by atoms with Crippen molar-refractivity contribution >= 4 is 33.4 Å². The molecule has 0 aromatic carbocycles. The number of carbonyl (C=O) groups excluding carboxylic acids is 2. The fourth-order valence-corrected chi connectivity index (χ4v) is 9.79. The van der Waals surface area contributed by atoms with Gasteiger partial charge < -0.3 is 44.7 Å². The Balaban J connectivity index is 1.41. The highest BCUT2D eigenvalue weighted by molar-refractivity contribution is 7.61. The molecular formula is C49H83N3O16P2. The number of nitrogens with zero attached hydrogens (tertiary/aromatic N) is 2. The maximum absolute atomic E-state index is 12.9. The number of phosphoric acid groups is 2. The Hall–Kier alpha value is -3.06. The predicted octanol–water partition coefficient (Wildman–Crippen LogP) is 9.23. The number of hydrogen-bond donors (Lipinski definition) is 5. The summed E-state index contributed by atoms with van der Waals surface area (Å²) in [6.45, 7) is 4.38. The second kappa shape index (κ2) is 34.4. The Labute approximate surface area is 414 Å². The average Bonchev–Trinajstić information content (AvgIpc) is 4.01. The van der Waals surface area contributed by atoms with Gasteiger partial charge in [0, 0.05) is 19.0 Å². The van der Waals surface area contributed by atoms with Crippen LogP contribution in [0.5, 0.6) is 0 Å². The van der Waals surface area contributed by atoms with Gasteiger partial charge in [-0.2, -0.15) is 9.29 Å². The smallest absolute Gasteiger partial charge is 0.462 e. The number of allylic oxidation sites excluding steroid dienone is 4. The molecule has 2 saturated heterocycles. The molecule has 5 unspecified atom stereocenters. The number of aliphatic hydroxyl groups is 2. The fourth-order valence-electron chi connectivity index (χ4n) is 7.68. The molecule has 6 N–H and O–H groups in total. The third kappa shape index (κ3) is 26.6. The Bertz CT molecular complexity index is 1900. The molecule has 1 aromatic rings. The van der Waals surface area contributed by atoms with E-state index in [-0.39, 0.29) is 24.8 Å². The van der Waals surface area contributed by atoms with Gasteiger partial charge in [0.25, 0.3) is 0 Å². The minimum atomic E-state index is -5.44. The number of phosphoric ester groups is 2. The van der Waals surface area contributed by atoms with Crippen LogP contribution in [-0.4, -0.2) is 97.9 Å². The molecule has 3 rings (SSSR count). The normalized spacial score (nSPS) is 22.9. The summed E-state index contributed by atoms with van der Waals surface area (Å²) >= 11 is 0. The number of anilines is 1. The molecule has 10 atom stereocenters. The van der Waals surface area contributed by atoms with Gasteiger partial charge in [0.1, 0.15) is 30.7 Å². The number of unbranched alkanes of at least 4 members (excludes halogenated alkanes) is 13. The minimum Gasteiger partial charge on any atom is -0.462 e. The van der Waals surface area contributed by atoms with E-state index in [1.807, 2.05) is 12.2 Å². The number of hydrogen-bond acceptors (Lipinski definition) is 16. The van der Waals surface area contributed by atoms with Gasteiger partial charge >= 0.3 is 33.3 Å². The largest absolute Gasteiger partial charge is 0.481 e. The summed E-state index contributed by atoms with van der Waals surface area (Å²) < 4.78 is 62.5. The highest BCUT2D eigenvalue weighted by atomic mass is 31.3. The zero-order chi connectivity index (χ0) is 51.2. The van der Waals surface area contributed by atoms with Crippen molar-refractivity contribution in [1.29, 1.82) is 0 Å². The Kier molecular flexibility index (Phi) is 30.1. The molecular weight excluding hydrogens is 948 g/mol. The third-order valence-corrected chi connectivity index (χ3v) is 14.8. The fraction of sp³-hybridized carbons (Fsp3) is 0.755. The maximum Gasteiger partial charge on any atom is 0.481 e. The van der Waals surface area contributed by atoms with Gasteiger partial charge in [-0.1, -0.05) is 141 Å². The van der Waals surface area contributed by atoms with E-state index >= 15 is 0 Å². The van der Waals surface area contributed by atoms with Crippen molar-refractivity contribution in [2.45, 2.75) is 211 Å². The van der Waals surface area contributed by atoms with E-state index in [1.165, 1.54) is 70.3 Å². The Morgan fingerprint density at radius 3 is 2.03 bits per heavy atom. The molecule has 2 aliphatic rings. The summed E-state index contributed by atoms with van der Waals surface area (Å²) in [7, 11) is -10.9. The summed E-state index contributed by atoms with van der Waals surface area (Å²) in [4.78, 5) is 61.9. The summed E-state index contributed by atoms with van der Waals surface area (Å²) in [5, 5.41) is 20.9.